The largest absolute Gasteiger partial charge is 0.458 e. The van der Waals surface area contributed by atoms with Gasteiger partial charge in [0.25, 0.3) is 0 Å². The summed E-state index contributed by atoms with van der Waals surface area (Å²) in [5, 5.41) is 0. The molecule has 2 nitrogen and oxygen atoms in total. The van der Waals surface area contributed by atoms with Gasteiger partial charge in [-0.1, -0.05) is 50.0 Å². The van der Waals surface area contributed by atoms with E-state index in [0.29, 0.717) is 5.56 Å². The van der Waals surface area contributed by atoms with Gasteiger partial charge in [-0.2, -0.15) is 0 Å². The third kappa shape index (κ3) is 4.47. The maximum Gasteiger partial charge on any atom is 0.339 e. The minimum atomic E-state index is -0.352. The van der Waals surface area contributed by atoms with Crippen molar-refractivity contribution in [2.24, 2.45) is 0 Å². The van der Waals surface area contributed by atoms with E-state index in [1.807, 2.05) is 18.2 Å². The molecule has 0 spiro atoms. The van der Waals surface area contributed by atoms with E-state index in [4.69, 9.17) is 4.74 Å². The third-order valence-corrected chi connectivity index (χ3v) is 2.36. The van der Waals surface area contributed by atoms with Crippen LogP contribution in [0.3, 0.4) is 0 Å². The van der Waals surface area contributed by atoms with Gasteiger partial charge in [-0.3, -0.25) is 0 Å². The van der Waals surface area contributed by atoms with Crippen molar-refractivity contribution in [2.45, 2.75) is 26.2 Å². The molecule has 0 aromatic heterocycles. The van der Waals surface area contributed by atoms with Gasteiger partial charge in [0.1, 0.15) is 6.61 Å². The average molecular weight is 242 g/mol. The van der Waals surface area contributed by atoms with Crippen LogP contribution in [0.25, 0.3) is 0 Å². The quantitative estimate of drug-likeness (QED) is 0.341. The Morgan fingerprint density at radius 1 is 1.44 bits per heavy atom. The SMILES string of the molecule is C=CCOC(=O)c1ccccc1C#CCCCC. The monoisotopic (exact) mass is 242 g/mol. The van der Waals surface area contributed by atoms with E-state index < -0.39 is 0 Å². The van der Waals surface area contributed by atoms with E-state index >= 15 is 0 Å². The fourth-order valence-electron chi connectivity index (χ4n) is 1.41. The molecule has 0 fully saturated rings. The second-order valence-corrected chi connectivity index (χ2v) is 3.84. The minimum absolute atomic E-state index is 0.219. The zero-order chi connectivity index (χ0) is 13.2. The molecule has 0 aliphatic heterocycles. The van der Waals surface area contributed by atoms with Crippen LogP contribution in [0.5, 0.6) is 0 Å². The lowest BCUT2D eigenvalue weighted by Crippen LogP contribution is -2.07. The molecule has 0 bridgehead atoms. The predicted molar refractivity (Wildman–Crippen MR) is 73.3 cm³/mol. The molecule has 1 aromatic carbocycles. The zero-order valence-electron chi connectivity index (χ0n) is 10.7. The van der Waals surface area contributed by atoms with Gasteiger partial charge in [0.15, 0.2) is 0 Å². The smallest absolute Gasteiger partial charge is 0.339 e. The summed E-state index contributed by atoms with van der Waals surface area (Å²) in [6.45, 7) is 5.86. The van der Waals surface area contributed by atoms with Gasteiger partial charge in [0, 0.05) is 12.0 Å². The van der Waals surface area contributed by atoms with E-state index in [9.17, 15) is 4.79 Å². The minimum Gasteiger partial charge on any atom is -0.458 e. The molecule has 2 heteroatoms. The number of rotatable bonds is 5. The number of esters is 1. The lowest BCUT2D eigenvalue weighted by atomic mass is 10.1. The van der Waals surface area contributed by atoms with Gasteiger partial charge >= 0.3 is 5.97 Å². The second-order valence-electron chi connectivity index (χ2n) is 3.84. The Hall–Kier alpha value is -2.01. The fraction of sp³-hybridized carbons (Fsp3) is 0.312. The van der Waals surface area contributed by atoms with Crippen molar-refractivity contribution in [2.75, 3.05) is 6.61 Å². The predicted octanol–water partition coefficient (Wildman–Crippen LogP) is 3.57. The lowest BCUT2D eigenvalue weighted by molar-refractivity contribution is 0.0549. The summed E-state index contributed by atoms with van der Waals surface area (Å²) in [5.74, 6) is 5.75. The molecule has 0 heterocycles. The van der Waals surface area contributed by atoms with Crippen LogP contribution in [0.2, 0.25) is 0 Å². The Labute approximate surface area is 109 Å². The lowest BCUT2D eigenvalue weighted by Gasteiger charge is -2.03. The topological polar surface area (TPSA) is 26.3 Å². The van der Waals surface area contributed by atoms with Crippen LogP contribution in [0.4, 0.5) is 0 Å². The maximum atomic E-state index is 11.8. The zero-order valence-corrected chi connectivity index (χ0v) is 10.7. The summed E-state index contributed by atoms with van der Waals surface area (Å²) in [4.78, 5) is 11.8. The molecule has 18 heavy (non-hydrogen) atoms. The third-order valence-electron chi connectivity index (χ3n) is 2.36. The van der Waals surface area contributed by atoms with Crippen LogP contribution in [0.1, 0.15) is 42.1 Å². The molecule has 0 aliphatic rings. The van der Waals surface area contributed by atoms with Gasteiger partial charge in [0.2, 0.25) is 0 Å². The van der Waals surface area contributed by atoms with Gasteiger partial charge in [-0.25, -0.2) is 4.79 Å². The summed E-state index contributed by atoms with van der Waals surface area (Å²) >= 11 is 0. The van der Waals surface area contributed by atoms with E-state index in [2.05, 4.69) is 25.3 Å². The molecule has 0 amide bonds. The van der Waals surface area contributed by atoms with Crippen LogP contribution in [0.15, 0.2) is 36.9 Å². The number of hydrogen-bond acceptors (Lipinski definition) is 2. The molecule has 0 saturated carbocycles. The van der Waals surface area contributed by atoms with E-state index in [-0.39, 0.29) is 12.6 Å². The second kappa shape index (κ2) is 8.14. The molecule has 0 radical (unpaired) electrons. The van der Waals surface area contributed by atoms with Crippen LogP contribution >= 0.6 is 0 Å². The van der Waals surface area contributed by atoms with Crippen molar-refractivity contribution in [3.8, 4) is 11.8 Å². The Morgan fingerprint density at radius 2 is 2.22 bits per heavy atom. The van der Waals surface area contributed by atoms with Crippen molar-refractivity contribution >= 4 is 5.97 Å². The Morgan fingerprint density at radius 3 is 2.94 bits per heavy atom. The molecule has 1 aromatic rings. The highest BCUT2D eigenvalue weighted by atomic mass is 16.5. The molecule has 0 unspecified atom stereocenters. The van der Waals surface area contributed by atoms with Gasteiger partial charge in [0.05, 0.1) is 5.56 Å². The molecule has 0 atom stereocenters. The first kappa shape index (κ1) is 14.1. The Balaban J connectivity index is 2.80. The van der Waals surface area contributed by atoms with Crippen LogP contribution in [-0.2, 0) is 4.74 Å². The first-order valence-electron chi connectivity index (χ1n) is 6.15. The first-order chi connectivity index (χ1) is 8.79. The summed E-state index contributed by atoms with van der Waals surface area (Å²) in [6, 6.07) is 7.24. The van der Waals surface area contributed by atoms with Gasteiger partial charge < -0.3 is 4.74 Å². The highest BCUT2D eigenvalue weighted by Gasteiger charge is 2.09. The van der Waals surface area contributed by atoms with Gasteiger partial charge in [-0.05, 0) is 18.6 Å². The van der Waals surface area contributed by atoms with Crippen LogP contribution in [0, 0.1) is 11.8 Å². The van der Waals surface area contributed by atoms with Crippen LogP contribution in [-0.4, -0.2) is 12.6 Å². The molecule has 1 rings (SSSR count). The highest BCUT2D eigenvalue weighted by molar-refractivity contribution is 5.92. The molecule has 0 saturated heterocycles. The summed E-state index contributed by atoms with van der Waals surface area (Å²) in [6.07, 6.45) is 4.60. The molecule has 0 N–H and O–H groups in total. The molecule has 0 aliphatic carbocycles. The van der Waals surface area contributed by atoms with Crippen molar-refractivity contribution in [3.63, 3.8) is 0 Å². The molecular formula is C16H18O2. The van der Waals surface area contributed by atoms with Crippen molar-refractivity contribution in [1.82, 2.24) is 0 Å². The van der Waals surface area contributed by atoms with E-state index in [0.717, 1.165) is 24.8 Å². The number of ether oxygens (including phenoxy) is 1. The Bertz CT molecular complexity index is 463. The normalized spacial score (nSPS) is 9.17. The molecule has 94 valence electrons. The van der Waals surface area contributed by atoms with Gasteiger partial charge in [-0.15, -0.1) is 0 Å². The van der Waals surface area contributed by atoms with Crippen molar-refractivity contribution in [3.05, 3.63) is 48.0 Å². The number of carbonyl (C=O) groups excluding carboxylic acids is 1. The highest BCUT2D eigenvalue weighted by Crippen LogP contribution is 2.09. The van der Waals surface area contributed by atoms with Crippen LogP contribution < -0.4 is 0 Å². The average Bonchev–Trinajstić information content (AvgIpc) is 2.41. The Kier molecular flexibility index (Phi) is 6.35. The van der Waals surface area contributed by atoms with Crippen molar-refractivity contribution in [1.29, 1.82) is 0 Å². The van der Waals surface area contributed by atoms with E-state index in [1.165, 1.54) is 0 Å². The fourth-order valence-corrected chi connectivity index (χ4v) is 1.41. The summed E-state index contributed by atoms with van der Waals surface area (Å²) in [7, 11) is 0. The number of benzene rings is 1. The molecular weight excluding hydrogens is 224 g/mol. The van der Waals surface area contributed by atoms with Crippen molar-refractivity contribution < 1.29 is 9.53 Å². The standard InChI is InChI=1S/C16H18O2/c1-3-5-6-7-10-14-11-8-9-12-15(14)16(17)18-13-4-2/h4,8-9,11-12H,2-3,5-6,13H2,1H3. The first-order valence-corrected chi connectivity index (χ1v) is 6.15. The summed E-state index contributed by atoms with van der Waals surface area (Å²) in [5.41, 5.74) is 1.24. The number of carbonyl (C=O) groups is 1. The maximum absolute atomic E-state index is 11.8. The number of hydrogen-bond donors (Lipinski definition) is 0. The van der Waals surface area contributed by atoms with E-state index in [1.54, 1.807) is 12.1 Å². The number of unbranched alkanes of at least 4 members (excludes halogenated alkanes) is 2. The summed E-state index contributed by atoms with van der Waals surface area (Å²) < 4.78 is 5.02.